The number of carbonyl (C=O) groups is 1. The molecule has 0 N–H and O–H groups in total. The fraction of sp³-hybridized carbons (Fsp3) is 0.889. The zero-order valence-corrected chi connectivity index (χ0v) is 6.25. The monoisotopic (exact) mass is 138 g/mol. The lowest BCUT2D eigenvalue weighted by molar-refractivity contribution is -0.111. The third-order valence-corrected chi connectivity index (χ3v) is 3.06. The van der Waals surface area contributed by atoms with Crippen molar-refractivity contribution in [2.75, 3.05) is 0 Å². The lowest BCUT2D eigenvalue weighted by Crippen LogP contribution is -2.03. The molecule has 10 heavy (non-hydrogen) atoms. The lowest BCUT2D eigenvalue weighted by atomic mass is 10.0. The van der Waals surface area contributed by atoms with Crippen molar-refractivity contribution in [3.63, 3.8) is 0 Å². The number of fused-ring (bicyclic) bond motifs is 1. The quantitative estimate of drug-likeness (QED) is 0.506. The molecule has 0 heterocycles. The van der Waals surface area contributed by atoms with Crippen LogP contribution in [0.1, 0.15) is 32.1 Å². The predicted octanol–water partition coefficient (Wildman–Crippen LogP) is 2.01. The van der Waals surface area contributed by atoms with Crippen molar-refractivity contribution in [1.82, 2.24) is 0 Å². The van der Waals surface area contributed by atoms with Gasteiger partial charge >= 0.3 is 0 Å². The third kappa shape index (κ3) is 0.979. The molecule has 0 spiro atoms. The minimum atomic E-state index is 0.438. The first-order valence-electron chi connectivity index (χ1n) is 4.37. The van der Waals surface area contributed by atoms with Gasteiger partial charge in [-0.1, -0.05) is 19.3 Å². The Kier molecular flexibility index (Phi) is 1.51. The third-order valence-electron chi connectivity index (χ3n) is 3.06. The summed E-state index contributed by atoms with van der Waals surface area (Å²) in [5.41, 5.74) is 0. The molecule has 0 aliphatic heterocycles. The van der Waals surface area contributed by atoms with Gasteiger partial charge < -0.3 is 4.79 Å². The minimum absolute atomic E-state index is 0.438. The van der Waals surface area contributed by atoms with E-state index in [1.54, 1.807) is 0 Å². The molecule has 0 amide bonds. The first-order valence-corrected chi connectivity index (χ1v) is 4.37. The second-order valence-electron chi connectivity index (χ2n) is 3.74. The Hall–Kier alpha value is -0.330. The highest BCUT2D eigenvalue weighted by molar-refractivity contribution is 5.55. The van der Waals surface area contributed by atoms with E-state index < -0.39 is 0 Å². The van der Waals surface area contributed by atoms with Gasteiger partial charge in [-0.2, -0.15) is 0 Å². The molecule has 2 fully saturated rings. The predicted molar refractivity (Wildman–Crippen MR) is 39.6 cm³/mol. The zero-order chi connectivity index (χ0) is 6.97. The van der Waals surface area contributed by atoms with Crippen LogP contribution in [0.2, 0.25) is 0 Å². The van der Waals surface area contributed by atoms with Crippen LogP contribution < -0.4 is 0 Å². The summed E-state index contributed by atoms with van der Waals surface area (Å²) in [6.07, 6.45) is 7.76. The van der Waals surface area contributed by atoms with E-state index in [9.17, 15) is 4.79 Å². The van der Waals surface area contributed by atoms with Crippen LogP contribution in [0.4, 0.5) is 0 Å². The summed E-state index contributed by atoms with van der Waals surface area (Å²) in [5.74, 6) is 2.19. The first kappa shape index (κ1) is 6.38. The molecule has 3 unspecified atom stereocenters. The number of rotatable bonds is 1. The van der Waals surface area contributed by atoms with Crippen molar-refractivity contribution >= 4 is 6.29 Å². The Balaban J connectivity index is 1.99. The van der Waals surface area contributed by atoms with Gasteiger partial charge in [-0.3, -0.25) is 0 Å². The topological polar surface area (TPSA) is 17.1 Å². The van der Waals surface area contributed by atoms with Crippen LogP contribution in [0, 0.1) is 17.8 Å². The summed E-state index contributed by atoms with van der Waals surface area (Å²) < 4.78 is 0. The zero-order valence-electron chi connectivity index (χ0n) is 6.25. The molecule has 0 radical (unpaired) electrons. The number of aldehydes is 1. The van der Waals surface area contributed by atoms with E-state index in [4.69, 9.17) is 0 Å². The average Bonchev–Trinajstić information content (AvgIpc) is 2.63. The van der Waals surface area contributed by atoms with Gasteiger partial charge in [0.15, 0.2) is 0 Å². The van der Waals surface area contributed by atoms with Gasteiger partial charge in [-0.15, -0.1) is 0 Å². The molecule has 2 rings (SSSR count). The van der Waals surface area contributed by atoms with E-state index in [0.29, 0.717) is 5.92 Å². The van der Waals surface area contributed by atoms with Gasteiger partial charge in [-0.25, -0.2) is 0 Å². The second-order valence-corrected chi connectivity index (χ2v) is 3.74. The molecule has 0 aromatic carbocycles. The van der Waals surface area contributed by atoms with Crippen molar-refractivity contribution in [2.24, 2.45) is 17.8 Å². The van der Waals surface area contributed by atoms with Gasteiger partial charge in [0, 0.05) is 5.92 Å². The highest BCUT2D eigenvalue weighted by atomic mass is 16.1. The molecule has 3 atom stereocenters. The van der Waals surface area contributed by atoms with E-state index in [1.165, 1.54) is 38.4 Å². The normalized spacial score (nSPS) is 45.4. The van der Waals surface area contributed by atoms with E-state index in [2.05, 4.69) is 0 Å². The molecule has 1 nitrogen and oxygen atoms in total. The van der Waals surface area contributed by atoms with Crippen LogP contribution in [-0.4, -0.2) is 6.29 Å². The number of hydrogen-bond donors (Lipinski definition) is 0. The highest BCUT2D eigenvalue weighted by Gasteiger charge is 2.43. The standard InChI is InChI=1S/C9H14O/c10-6-8-4-2-1-3-7-5-9(7)8/h6-9H,1-5H2. The van der Waals surface area contributed by atoms with Crippen molar-refractivity contribution in [3.8, 4) is 0 Å². The van der Waals surface area contributed by atoms with Crippen molar-refractivity contribution < 1.29 is 4.79 Å². The van der Waals surface area contributed by atoms with Gasteiger partial charge in [0.05, 0.1) is 0 Å². The molecule has 1 heteroatoms. The van der Waals surface area contributed by atoms with Crippen molar-refractivity contribution in [2.45, 2.75) is 32.1 Å². The van der Waals surface area contributed by atoms with Crippen molar-refractivity contribution in [3.05, 3.63) is 0 Å². The molecule has 0 saturated heterocycles. The molecule has 2 aliphatic rings. The van der Waals surface area contributed by atoms with Crippen molar-refractivity contribution in [1.29, 1.82) is 0 Å². The smallest absolute Gasteiger partial charge is 0.123 e. The SMILES string of the molecule is O=CC1CCCCC2CC12. The molecule has 56 valence electrons. The molecular weight excluding hydrogens is 124 g/mol. The maximum atomic E-state index is 10.5. The van der Waals surface area contributed by atoms with Crippen LogP contribution in [0.25, 0.3) is 0 Å². The number of hydrogen-bond acceptors (Lipinski definition) is 1. The van der Waals surface area contributed by atoms with Crippen LogP contribution >= 0.6 is 0 Å². The van der Waals surface area contributed by atoms with E-state index in [0.717, 1.165) is 11.8 Å². The molecule has 0 aromatic rings. The maximum Gasteiger partial charge on any atom is 0.123 e. The largest absolute Gasteiger partial charge is 0.303 e. The Morgan fingerprint density at radius 3 is 2.80 bits per heavy atom. The fourth-order valence-corrected chi connectivity index (χ4v) is 2.30. The molecule has 0 aromatic heterocycles. The minimum Gasteiger partial charge on any atom is -0.303 e. The first-order chi connectivity index (χ1) is 4.92. The summed E-state index contributed by atoms with van der Waals surface area (Å²) in [5, 5.41) is 0. The summed E-state index contributed by atoms with van der Waals surface area (Å²) in [6.45, 7) is 0. The average molecular weight is 138 g/mol. The van der Waals surface area contributed by atoms with Crippen LogP contribution in [-0.2, 0) is 4.79 Å². The lowest BCUT2D eigenvalue weighted by Gasteiger charge is -2.03. The van der Waals surface area contributed by atoms with E-state index in [-0.39, 0.29) is 0 Å². The van der Waals surface area contributed by atoms with E-state index >= 15 is 0 Å². The summed E-state index contributed by atoms with van der Waals surface area (Å²) in [4.78, 5) is 10.5. The van der Waals surface area contributed by atoms with Gasteiger partial charge in [0.1, 0.15) is 6.29 Å². The molecular formula is C9H14O. The number of carbonyl (C=O) groups excluding carboxylic acids is 1. The summed E-state index contributed by atoms with van der Waals surface area (Å²) in [6, 6.07) is 0. The van der Waals surface area contributed by atoms with Gasteiger partial charge in [-0.05, 0) is 24.7 Å². The van der Waals surface area contributed by atoms with Crippen LogP contribution in [0.15, 0.2) is 0 Å². The van der Waals surface area contributed by atoms with Crippen LogP contribution in [0.5, 0.6) is 0 Å². The Morgan fingerprint density at radius 2 is 2.00 bits per heavy atom. The van der Waals surface area contributed by atoms with Gasteiger partial charge in [0.2, 0.25) is 0 Å². The van der Waals surface area contributed by atoms with Crippen LogP contribution in [0.3, 0.4) is 0 Å². The Labute approximate surface area is 61.8 Å². The highest BCUT2D eigenvalue weighted by Crippen LogP contribution is 2.50. The summed E-state index contributed by atoms with van der Waals surface area (Å²) >= 11 is 0. The second kappa shape index (κ2) is 2.37. The maximum absolute atomic E-state index is 10.5. The molecule has 2 saturated carbocycles. The molecule has 2 aliphatic carbocycles. The fourth-order valence-electron chi connectivity index (χ4n) is 2.30. The Morgan fingerprint density at radius 1 is 1.20 bits per heavy atom. The Bertz CT molecular complexity index is 142. The van der Waals surface area contributed by atoms with Gasteiger partial charge in [0.25, 0.3) is 0 Å². The summed E-state index contributed by atoms with van der Waals surface area (Å²) in [7, 11) is 0. The van der Waals surface area contributed by atoms with E-state index in [1.807, 2.05) is 0 Å². The molecule has 0 bridgehead atoms.